The van der Waals surface area contributed by atoms with Gasteiger partial charge in [0.2, 0.25) is 0 Å². The van der Waals surface area contributed by atoms with Gasteiger partial charge in [-0.3, -0.25) is 9.59 Å². The summed E-state index contributed by atoms with van der Waals surface area (Å²) in [5, 5.41) is 9.68. The Hall–Kier alpha value is -5.26. The fourth-order valence-electron chi connectivity index (χ4n) is 8.17. The maximum absolute atomic E-state index is 12.3. The average Bonchev–Trinajstić information content (AvgIpc) is 3.46. The second kappa shape index (κ2) is 68.0. The zero-order valence-corrected chi connectivity index (χ0v) is 51.0. The molecule has 80 heavy (non-hydrogen) atoms. The first-order chi connectivity index (χ1) is 39.6. The van der Waals surface area contributed by atoms with E-state index in [0.717, 1.165) is 161 Å². The third-order valence-electron chi connectivity index (χ3n) is 12.9. The molecule has 0 rings (SSSR count). The van der Waals surface area contributed by atoms with E-state index in [0.29, 0.717) is 12.8 Å². The van der Waals surface area contributed by atoms with Crippen molar-refractivity contribution in [1.29, 1.82) is 0 Å². The molecule has 0 spiro atoms. The van der Waals surface area contributed by atoms with Gasteiger partial charge in [-0.15, -0.1) is 0 Å². The molecule has 446 valence electrons. The van der Waals surface area contributed by atoms with Crippen LogP contribution in [0.3, 0.4) is 0 Å². The maximum atomic E-state index is 12.3. The summed E-state index contributed by atoms with van der Waals surface area (Å²) in [5.74, 6) is -0.629. The molecule has 5 heteroatoms. The number of ether oxygens (including phenoxy) is 2. The SMILES string of the molecule is CC/C=C\C/C=C\C/C=C\C/C=C\C/C=C\C/C=C\C/C=C\C/C=C\C/C=C\CCCCCCCCCCCCCC(=O)OC(CO)COC(=O)CCCCCCC/C=C\C/C=C\C/C=C\C/C=C\C/C=C\C/C=C\C/C=C\CC. The van der Waals surface area contributed by atoms with Gasteiger partial charge in [0.25, 0.3) is 0 Å². The number of carbonyl (C=O) groups is 2. The van der Waals surface area contributed by atoms with E-state index in [1.54, 1.807) is 0 Å². The van der Waals surface area contributed by atoms with Crippen LogP contribution >= 0.6 is 0 Å². The van der Waals surface area contributed by atoms with E-state index in [9.17, 15) is 14.7 Å². The number of hydrogen-bond donors (Lipinski definition) is 1. The number of aliphatic hydroxyl groups is 1. The fourth-order valence-corrected chi connectivity index (χ4v) is 8.17. The van der Waals surface area contributed by atoms with Crippen LogP contribution in [0.1, 0.15) is 245 Å². The van der Waals surface area contributed by atoms with Gasteiger partial charge in [-0.05, 0) is 141 Å². The minimum absolute atomic E-state index is 0.0896. The van der Waals surface area contributed by atoms with Crippen molar-refractivity contribution in [2.75, 3.05) is 13.2 Å². The van der Waals surface area contributed by atoms with Crippen LogP contribution in [0.15, 0.2) is 194 Å². The lowest BCUT2D eigenvalue weighted by Crippen LogP contribution is -2.28. The topological polar surface area (TPSA) is 72.8 Å². The molecule has 5 nitrogen and oxygen atoms in total. The Morgan fingerprint density at radius 1 is 0.287 bits per heavy atom. The van der Waals surface area contributed by atoms with Crippen LogP contribution in [-0.2, 0) is 19.1 Å². The second-order valence-electron chi connectivity index (χ2n) is 20.4. The highest BCUT2D eigenvalue weighted by atomic mass is 16.6. The van der Waals surface area contributed by atoms with Crippen LogP contribution in [0.25, 0.3) is 0 Å². The predicted molar refractivity (Wildman–Crippen MR) is 352 cm³/mol. The number of rotatable bonds is 56. The van der Waals surface area contributed by atoms with Gasteiger partial charge in [-0.25, -0.2) is 0 Å². The van der Waals surface area contributed by atoms with Crippen molar-refractivity contribution < 1.29 is 24.2 Å². The van der Waals surface area contributed by atoms with Crippen LogP contribution in [0, 0.1) is 0 Å². The van der Waals surface area contributed by atoms with Gasteiger partial charge in [-0.1, -0.05) is 285 Å². The summed E-state index contributed by atoms with van der Waals surface area (Å²) in [6, 6.07) is 0. The van der Waals surface area contributed by atoms with Crippen molar-refractivity contribution in [2.24, 2.45) is 0 Å². The molecule has 1 N–H and O–H groups in total. The van der Waals surface area contributed by atoms with Crippen molar-refractivity contribution in [3.8, 4) is 0 Å². The van der Waals surface area contributed by atoms with E-state index in [1.807, 2.05) is 0 Å². The molecule has 0 saturated carbocycles. The highest BCUT2D eigenvalue weighted by Gasteiger charge is 2.16. The number of esters is 2. The first kappa shape index (κ1) is 74.7. The van der Waals surface area contributed by atoms with Crippen LogP contribution < -0.4 is 0 Å². The number of allylic oxidation sites excluding steroid dienone is 32. The fraction of sp³-hybridized carbons (Fsp3) is 0.547. The maximum Gasteiger partial charge on any atom is 0.306 e. The standard InChI is InChI=1S/C75H116O5/c1-3-5-7-9-11-13-15-17-19-21-23-25-27-29-31-32-33-34-35-36-37-38-39-40-41-42-44-46-48-50-52-54-56-58-60-62-64-66-68-70-75(78)80-73(71-76)72-79-74(77)69-67-65-63-61-59-57-55-53-51-49-47-45-43-30-28-26-24-22-20-18-16-14-12-10-8-6-4-2/h5-8,11-14,17-20,23-26,29-31,33-34,36-37,39-40,42-44,47,49,53,55,73,76H,3-4,9-10,15-16,21-22,27-28,32,35,38,41,45-46,48,50-52,54,56-72H2,1-2H3/b7-5-,8-6-,13-11-,14-12-,19-17-,20-18-,25-23-,26-24-,31-29-,34-33-,37-36-,40-39-,43-30-,44-42-,49-47-,55-53-. The second-order valence-corrected chi connectivity index (χ2v) is 20.4. The first-order valence-corrected chi connectivity index (χ1v) is 32.0. The molecular formula is C75H116O5. The van der Waals surface area contributed by atoms with Crippen molar-refractivity contribution >= 4 is 11.9 Å². The first-order valence-electron chi connectivity index (χ1n) is 32.0. The minimum Gasteiger partial charge on any atom is -0.462 e. The van der Waals surface area contributed by atoms with Crippen molar-refractivity contribution in [2.45, 2.75) is 251 Å². The van der Waals surface area contributed by atoms with Gasteiger partial charge in [0.1, 0.15) is 6.61 Å². The van der Waals surface area contributed by atoms with Gasteiger partial charge in [0, 0.05) is 12.8 Å². The monoisotopic (exact) mass is 1100 g/mol. The molecule has 1 unspecified atom stereocenters. The summed E-state index contributed by atoms with van der Waals surface area (Å²) in [6.07, 6.45) is 108. The van der Waals surface area contributed by atoms with E-state index < -0.39 is 6.10 Å². The number of hydrogen-bond acceptors (Lipinski definition) is 5. The van der Waals surface area contributed by atoms with E-state index in [2.05, 4.69) is 208 Å². The molecule has 0 aliphatic carbocycles. The lowest BCUT2D eigenvalue weighted by Gasteiger charge is -2.15. The minimum atomic E-state index is -0.799. The van der Waals surface area contributed by atoms with Crippen LogP contribution in [-0.4, -0.2) is 36.4 Å². The van der Waals surface area contributed by atoms with E-state index in [1.165, 1.54) is 57.8 Å². The van der Waals surface area contributed by atoms with E-state index in [4.69, 9.17) is 9.47 Å². The summed E-state index contributed by atoms with van der Waals surface area (Å²) in [4.78, 5) is 24.6. The van der Waals surface area contributed by atoms with E-state index in [-0.39, 0.29) is 25.2 Å². The van der Waals surface area contributed by atoms with Crippen molar-refractivity contribution in [1.82, 2.24) is 0 Å². The summed E-state index contributed by atoms with van der Waals surface area (Å²) < 4.78 is 10.7. The van der Waals surface area contributed by atoms with E-state index >= 15 is 0 Å². The van der Waals surface area contributed by atoms with Crippen molar-refractivity contribution in [3.05, 3.63) is 194 Å². The molecule has 0 aromatic carbocycles. The summed E-state index contributed by atoms with van der Waals surface area (Å²) in [7, 11) is 0. The molecule has 0 aliphatic heterocycles. The smallest absolute Gasteiger partial charge is 0.306 e. The van der Waals surface area contributed by atoms with Crippen LogP contribution in [0.5, 0.6) is 0 Å². The zero-order chi connectivity index (χ0) is 57.6. The van der Waals surface area contributed by atoms with Crippen LogP contribution in [0.4, 0.5) is 0 Å². The molecule has 0 heterocycles. The zero-order valence-electron chi connectivity index (χ0n) is 51.0. The van der Waals surface area contributed by atoms with Crippen molar-refractivity contribution in [3.63, 3.8) is 0 Å². The average molecular weight is 1100 g/mol. The Balaban J connectivity index is 3.62. The highest BCUT2D eigenvalue weighted by molar-refractivity contribution is 5.70. The Kier molecular flexibility index (Phi) is 63.5. The quantitative estimate of drug-likeness (QED) is 0.0373. The Bertz CT molecular complexity index is 1870. The predicted octanol–water partition coefficient (Wildman–Crippen LogP) is 22.4. The summed E-state index contributed by atoms with van der Waals surface area (Å²) in [6.45, 7) is 3.88. The molecule has 0 bridgehead atoms. The molecule has 0 amide bonds. The lowest BCUT2D eigenvalue weighted by atomic mass is 10.0. The number of unbranched alkanes of at least 4 members (excludes halogenated alkanes) is 16. The summed E-state index contributed by atoms with van der Waals surface area (Å²) in [5.41, 5.74) is 0. The molecule has 0 radical (unpaired) electrons. The van der Waals surface area contributed by atoms with Gasteiger partial charge < -0.3 is 14.6 Å². The Labute approximate surface area is 492 Å². The number of carbonyl (C=O) groups excluding carboxylic acids is 2. The molecule has 0 fully saturated rings. The van der Waals surface area contributed by atoms with Gasteiger partial charge >= 0.3 is 11.9 Å². The molecule has 0 aromatic heterocycles. The lowest BCUT2D eigenvalue weighted by molar-refractivity contribution is -0.161. The van der Waals surface area contributed by atoms with Gasteiger partial charge in [0.15, 0.2) is 6.10 Å². The van der Waals surface area contributed by atoms with Gasteiger partial charge in [-0.2, -0.15) is 0 Å². The van der Waals surface area contributed by atoms with Crippen LogP contribution in [0.2, 0.25) is 0 Å². The molecule has 1 atom stereocenters. The largest absolute Gasteiger partial charge is 0.462 e. The molecular weight excluding hydrogens is 981 g/mol. The normalized spacial score (nSPS) is 13.6. The number of aliphatic hydroxyl groups excluding tert-OH is 1. The molecule has 0 saturated heterocycles. The summed E-state index contributed by atoms with van der Waals surface area (Å²) >= 11 is 0. The third-order valence-corrected chi connectivity index (χ3v) is 12.9. The molecule has 0 aliphatic rings. The highest BCUT2D eigenvalue weighted by Crippen LogP contribution is 2.14. The third kappa shape index (κ3) is 65.3. The van der Waals surface area contributed by atoms with Gasteiger partial charge in [0.05, 0.1) is 6.61 Å². The Morgan fingerprint density at radius 2 is 0.500 bits per heavy atom. The Morgan fingerprint density at radius 3 is 0.750 bits per heavy atom. The molecule has 0 aromatic rings.